The Morgan fingerprint density at radius 1 is 1.50 bits per heavy atom. The van der Waals surface area contributed by atoms with Crippen molar-refractivity contribution in [1.29, 1.82) is 0 Å². The van der Waals surface area contributed by atoms with E-state index in [0.717, 1.165) is 0 Å². The normalized spacial score (nSPS) is 17.1. The van der Waals surface area contributed by atoms with E-state index in [1.165, 1.54) is 12.1 Å². The van der Waals surface area contributed by atoms with Crippen molar-refractivity contribution in [1.82, 2.24) is 0 Å². The van der Waals surface area contributed by atoms with E-state index < -0.39 is 17.2 Å². The minimum absolute atomic E-state index is 0.00154. The van der Waals surface area contributed by atoms with Crippen molar-refractivity contribution >= 4 is 21.9 Å². The Labute approximate surface area is 100 Å². The van der Waals surface area contributed by atoms with Gasteiger partial charge in [0, 0.05) is 5.41 Å². The summed E-state index contributed by atoms with van der Waals surface area (Å²) in [7, 11) is 0. The Bertz CT molecular complexity index is 455. The second kappa shape index (κ2) is 3.73. The first-order valence-electron chi connectivity index (χ1n) is 4.85. The molecule has 2 N–H and O–H groups in total. The number of aromatic hydroxyl groups is 1. The monoisotopic (exact) mass is 288 g/mol. The van der Waals surface area contributed by atoms with Gasteiger partial charge in [0.1, 0.15) is 11.6 Å². The van der Waals surface area contributed by atoms with Crippen LogP contribution in [0.5, 0.6) is 5.75 Å². The molecule has 0 radical (unpaired) electrons. The van der Waals surface area contributed by atoms with Crippen molar-refractivity contribution in [3.63, 3.8) is 0 Å². The number of halogens is 2. The molecule has 1 aromatic rings. The van der Waals surface area contributed by atoms with Gasteiger partial charge in [0.05, 0.1) is 10.9 Å². The lowest BCUT2D eigenvalue weighted by Crippen LogP contribution is -2.14. The first-order chi connectivity index (χ1) is 7.46. The molecule has 1 fully saturated rings. The molecule has 0 aliphatic heterocycles. The van der Waals surface area contributed by atoms with Gasteiger partial charge in [0.15, 0.2) is 0 Å². The summed E-state index contributed by atoms with van der Waals surface area (Å²) < 4.78 is 13.9. The molecule has 5 heteroatoms. The maximum absolute atomic E-state index is 13.8. The highest BCUT2D eigenvalue weighted by atomic mass is 79.9. The zero-order valence-electron chi connectivity index (χ0n) is 8.33. The number of carboxylic acids is 1. The molecule has 0 atom stereocenters. The van der Waals surface area contributed by atoms with Crippen molar-refractivity contribution < 1.29 is 19.4 Å². The molecule has 1 aliphatic carbocycles. The second-order valence-corrected chi connectivity index (χ2v) is 4.90. The standard InChI is InChI=1S/C11H10BrFO3/c12-9-7(14)2-1-6(10(9)13)11(3-4-11)5-8(15)16/h1-2,14H,3-5H2,(H,15,16). The molecule has 0 spiro atoms. The third kappa shape index (κ3) is 1.80. The number of hydrogen-bond donors (Lipinski definition) is 2. The first-order valence-corrected chi connectivity index (χ1v) is 5.65. The number of phenols is 1. The van der Waals surface area contributed by atoms with Crippen LogP contribution >= 0.6 is 15.9 Å². The van der Waals surface area contributed by atoms with Crippen LogP contribution in [0.2, 0.25) is 0 Å². The third-order valence-electron chi connectivity index (χ3n) is 2.98. The summed E-state index contributed by atoms with van der Waals surface area (Å²) in [6.45, 7) is 0. The largest absolute Gasteiger partial charge is 0.507 e. The molecule has 0 aromatic heterocycles. The molecule has 0 heterocycles. The van der Waals surface area contributed by atoms with Crippen LogP contribution < -0.4 is 0 Å². The van der Waals surface area contributed by atoms with Gasteiger partial charge in [-0.2, -0.15) is 0 Å². The molecule has 86 valence electrons. The molecule has 1 aromatic carbocycles. The number of hydrogen-bond acceptors (Lipinski definition) is 2. The van der Waals surface area contributed by atoms with E-state index in [0.29, 0.717) is 18.4 Å². The SMILES string of the molecule is O=C(O)CC1(c2ccc(O)c(Br)c2F)CC1. The molecular weight excluding hydrogens is 279 g/mol. The van der Waals surface area contributed by atoms with Gasteiger partial charge in [-0.25, -0.2) is 4.39 Å². The highest BCUT2D eigenvalue weighted by molar-refractivity contribution is 9.10. The van der Waals surface area contributed by atoms with Crippen molar-refractivity contribution in [3.8, 4) is 5.75 Å². The highest BCUT2D eigenvalue weighted by Gasteiger charge is 2.48. The van der Waals surface area contributed by atoms with Gasteiger partial charge < -0.3 is 10.2 Å². The molecule has 0 saturated heterocycles. The van der Waals surface area contributed by atoms with Crippen LogP contribution in [0, 0.1) is 5.82 Å². The van der Waals surface area contributed by atoms with E-state index in [1.807, 2.05) is 0 Å². The Balaban J connectivity index is 2.42. The van der Waals surface area contributed by atoms with E-state index in [2.05, 4.69) is 15.9 Å². The Hall–Kier alpha value is -1.10. The number of benzene rings is 1. The van der Waals surface area contributed by atoms with Crippen LogP contribution in [0.3, 0.4) is 0 Å². The van der Waals surface area contributed by atoms with E-state index in [4.69, 9.17) is 5.11 Å². The number of phenolic OH excluding ortho intramolecular Hbond substituents is 1. The van der Waals surface area contributed by atoms with Crippen molar-refractivity contribution in [2.45, 2.75) is 24.7 Å². The number of aliphatic carboxylic acids is 1. The quantitative estimate of drug-likeness (QED) is 0.899. The van der Waals surface area contributed by atoms with Crippen molar-refractivity contribution in [2.75, 3.05) is 0 Å². The second-order valence-electron chi connectivity index (χ2n) is 4.11. The summed E-state index contributed by atoms with van der Waals surface area (Å²) in [5.41, 5.74) is -0.203. The summed E-state index contributed by atoms with van der Waals surface area (Å²) in [4.78, 5) is 10.7. The predicted molar refractivity (Wildman–Crippen MR) is 58.9 cm³/mol. The molecular formula is C11H10BrFO3. The van der Waals surface area contributed by atoms with E-state index >= 15 is 0 Å². The van der Waals surface area contributed by atoms with Crippen molar-refractivity contribution in [3.05, 3.63) is 28.0 Å². The Kier molecular flexibility index (Phi) is 2.66. The maximum atomic E-state index is 13.8. The summed E-state index contributed by atoms with van der Waals surface area (Å²) in [5, 5.41) is 18.1. The van der Waals surface area contributed by atoms with Gasteiger partial charge in [0.25, 0.3) is 0 Å². The molecule has 3 nitrogen and oxygen atoms in total. The van der Waals surface area contributed by atoms with Crippen LogP contribution in [0.1, 0.15) is 24.8 Å². The average Bonchev–Trinajstić information content (AvgIpc) is 2.94. The third-order valence-corrected chi connectivity index (χ3v) is 3.73. The fourth-order valence-electron chi connectivity index (χ4n) is 1.93. The van der Waals surface area contributed by atoms with Crippen molar-refractivity contribution in [2.24, 2.45) is 0 Å². The molecule has 0 amide bonds. The molecule has 16 heavy (non-hydrogen) atoms. The molecule has 1 saturated carbocycles. The topological polar surface area (TPSA) is 57.5 Å². The molecule has 0 unspecified atom stereocenters. The summed E-state index contributed by atoms with van der Waals surface area (Å²) in [6, 6.07) is 2.84. The van der Waals surface area contributed by atoms with Crippen LogP contribution in [-0.2, 0) is 10.2 Å². The van der Waals surface area contributed by atoms with Gasteiger partial charge in [-0.05, 0) is 40.4 Å². The number of rotatable bonds is 3. The zero-order valence-corrected chi connectivity index (χ0v) is 9.92. The maximum Gasteiger partial charge on any atom is 0.304 e. The lowest BCUT2D eigenvalue weighted by molar-refractivity contribution is -0.137. The smallest absolute Gasteiger partial charge is 0.304 e. The van der Waals surface area contributed by atoms with Gasteiger partial charge in [0.2, 0.25) is 0 Å². The highest BCUT2D eigenvalue weighted by Crippen LogP contribution is 2.53. The number of carboxylic acid groups (broad SMARTS) is 1. The van der Waals surface area contributed by atoms with Crippen LogP contribution in [0.4, 0.5) is 4.39 Å². The summed E-state index contributed by atoms with van der Waals surface area (Å²) in [5.74, 6) is -1.66. The molecule has 1 aliphatic rings. The zero-order chi connectivity index (χ0) is 11.9. The Morgan fingerprint density at radius 3 is 2.62 bits per heavy atom. The first kappa shape index (κ1) is 11.4. The average molecular weight is 289 g/mol. The summed E-state index contributed by atoms with van der Waals surface area (Å²) >= 11 is 2.94. The Morgan fingerprint density at radius 2 is 2.12 bits per heavy atom. The lowest BCUT2D eigenvalue weighted by Gasteiger charge is -2.15. The molecule has 0 bridgehead atoms. The number of carbonyl (C=O) groups is 1. The lowest BCUT2D eigenvalue weighted by atomic mass is 9.92. The van der Waals surface area contributed by atoms with E-state index in [9.17, 15) is 14.3 Å². The predicted octanol–water partition coefficient (Wildman–Crippen LogP) is 2.80. The van der Waals surface area contributed by atoms with E-state index in [-0.39, 0.29) is 16.6 Å². The van der Waals surface area contributed by atoms with E-state index in [1.54, 1.807) is 0 Å². The van der Waals surface area contributed by atoms with Gasteiger partial charge in [-0.3, -0.25) is 4.79 Å². The minimum Gasteiger partial charge on any atom is -0.507 e. The van der Waals surface area contributed by atoms with Gasteiger partial charge in [-0.1, -0.05) is 6.07 Å². The fraction of sp³-hybridized carbons (Fsp3) is 0.364. The molecule has 2 rings (SSSR count). The fourth-order valence-corrected chi connectivity index (χ4v) is 2.28. The van der Waals surface area contributed by atoms with Crippen LogP contribution in [-0.4, -0.2) is 16.2 Å². The van der Waals surface area contributed by atoms with Gasteiger partial charge in [-0.15, -0.1) is 0 Å². The van der Waals surface area contributed by atoms with Crippen LogP contribution in [0.15, 0.2) is 16.6 Å². The van der Waals surface area contributed by atoms with Gasteiger partial charge >= 0.3 is 5.97 Å². The minimum atomic E-state index is -0.930. The summed E-state index contributed by atoms with van der Waals surface area (Å²) in [6.07, 6.45) is 1.28. The van der Waals surface area contributed by atoms with Crippen LogP contribution in [0.25, 0.3) is 0 Å².